The Balaban J connectivity index is 2.57. The van der Waals surface area contributed by atoms with E-state index in [1.54, 1.807) is 13.0 Å². The molecule has 0 spiro atoms. The first kappa shape index (κ1) is 15.5. The number of sulfonamides is 1. The van der Waals surface area contributed by atoms with E-state index < -0.39 is 16.0 Å². The van der Waals surface area contributed by atoms with Crippen molar-refractivity contribution in [2.24, 2.45) is 0 Å². The van der Waals surface area contributed by atoms with E-state index in [-0.39, 0.29) is 22.1 Å². The lowest BCUT2D eigenvalue weighted by molar-refractivity contribution is 0.0697. The van der Waals surface area contributed by atoms with Crippen molar-refractivity contribution < 1.29 is 18.3 Å². The van der Waals surface area contributed by atoms with Crippen LogP contribution in [0, 0.1) is 6.92 Å². The maximum atomic E-state index is 12.7. The standard InChI is InChI=1S/C13H14N2O4S2/c1-3-15(12-10(13(16)17)5-4-8-14-12)21(18,19)11-7-6-9(2)20-11/h4-8H,3H2,1-2H3,(H,16,17). The molecule has 2 aromatic rings. The quantitative estimate of drug-likeness (QED) is 0.911. The summed E-state index contributed by atoms with van der Waals surface area (Å²) in [4.78, 5) is 16.1. The predicted octanol–water partition coefficient (Wildman–Crippen LogP) is 2.36. The number of carbonyl (C=O) groups is 1. The Morgan fingerprint density at radius 1 is 1.38 bits per heavy atom. The first-order chi connectivity index (χ1) is 9.87. The van der Waals surface area contributed by atoms with E-state index in [1.165, 1.54) is 24.4 Å². The van der Waals surface area contributed by atoms with Crippen LogP contribution in [0.4, 0.5) is 5.82 Å². The third kappa shape index (κ3) is 2.91. The van der Waals surface area contributed by atoms with E-state index in [9.17, 15) is 18.3 Å². The molecule has 0 aliphatic heterocycles. The smallest absolute Gasteiger partial charge is 0.339 e. The fourth-order valence-electron chi connectivity index (χ4n) is 1.86. The minimum absolute atomic E-state index is 0.0708. The van der Waals surface area contributed by atoms with E-state index in [0.29, 0.717) is 0 Å². The van der Waals surface area contributed by atoms with Crippen molar-refractivity contribution in [2.45, 2.75) is 18.1 Å². The molecule has 0 saturated heterocycles. The van der Waals surface area contributed by atoms with Crippen LogP contribution in [0.2, 0.25) is 0 Å². The van der Waals surface area contributed by atoms with Crippen molar-refractivity contribution in [2.75, 3.05) is 10.8 Å². The molecule has 0 bridgehead atoms. The molecule has 21 heavy (non-hydrogen) atoms. The van der Waals surface area contributed by atoms with Crippen LogP contribution in [-0.4, -0.2) is 31.0 Å². The molecule has 0 radical (unpaired) electrons. The Hall–Kier alpha value is -1.93. The van der Waals surface area contributed by atoms with Crippen molar-refractivity contribution in [3.63, 3.8) is 0 Å². The average Bonchev–Trinajstić information content (AvgIpc) is 2.87. The lowest BCUT2D eigenvalue weighted by Gasteiger charge is -2.22. The topological polar surface area (TPSA) is 87.6 Å². The number of rotatable bonds is 5. The molecule has 2 rings (SSSR count). The third-order valence-corrected chi connectivity index (χ3v) is 6.13. The summed E-state index contributed by atoms with van der Waals surface area (Å²) < 4.78 is 26.5. The molecule has 0 aromatic carbocycles. The van der Waals surface area contributed by atoms with Gasteiger partial charge in [0.25, 0.3) is 10.0 Å². The third-order valence-electron chi connectivity index (χ3n) is 2.80. The van der Waals surface area contributed by atoms with Gasteiger partial charge in [0.1, 0.15) is 9.77 Å². The number of aromatic nitrogens is 1. The van der Waals surface area contributed by atoms with Gasteiger partial charge in [0, 0.05) is 17.6 Å². The van der Waals surface area contributed by atoms with E-state index in [2.05, 4.69) is 4.98 Å². The van der Waals surface area contributed by atoms with Gasteiger partial charge in [0.15, 0.2) is 5.82 Å². The molecule has 1 N–H and O–H groups in total. The van der Waals surface area contributed by atoms with Crippen molar-refractivity contribution in [1.82, 2.24) is 4.98 Å². The number of carboxylic acids is 1. The Morgan fingerprint density at radius 3 is 2.62 bits per heavy atom. The van der Waals surface area contributed by atoms with Crippen molar-refractivity contribution in [3.05, 3.63) is 40.9 Å². The second-order valence-electron chi connectivity index (χ2n) is 4.21. The Labute approximate surface area is 126 Å². The number of hydrogen-bond acceptors (Lipinski definition) is 5. The summed E-state index contributed by atoms with van der Waals surface area (Å²) in [7, 11) is -3.81. The van der Waals surface area contributed by atoms with Gasteiger partial charge in [-0.1, -0.05) is 0 Å². The maximum Gasteiger partial charge on any atom is 0.339 e. The summed E-state index contributed by atoms with van der Waals surface area (Å²) in [6.45, 7) is 3.54. The summed E-state index contributed by atoms with van der Waals surface area (Å²) in [5, 5.41) is 9.19. The van der Waals surface area contributed by atoms with E-state index in [4.69, 9.17) is 0 Å². The number of nitrogens with zero attached hydrogens (tertiary/aromatic N) is 2. The maximum absolute atomic E-state index is 12.7. The molecule has 0 fully saturated rings. The normalized spacial score (nSPS) is 11.3. The zero-order valence-corrected chi connectivity index (χ0v) is 13.1. The molecule has 112 valence electrons. The lowest BCUT2D eigenvalue weighted by atomic mass is 10.2. The fourth-order valence-corrected chi connectivity index (χ4v) is 4.70. The van der Waals surface area contributed by atoms with Gasteiger partial charge in [-0.2, -0.15) is 0 Å². The van der Waals surface area contributed by atoms with Gasteiger partial charge in [-0.25, -0.2) is 22.5 Å². The summed E-state index contributed by atoms with van der Waals surface area (Å²) >= 11 is 1.14. The molecule has 8 heteroatoms. The van der Waals surface area contributed by atoms with Crippen LogP contribution in [0.15, 0.2) is 34.7 Å². The van der Waals surface area contributed by atoms with Gasteiger partial charge in [-0.05, 0) is 38.1 Å². The first-order valence-electron chi connectivity index (χ1n) is 6.15. The molecule has 0 aliphatic rings. The van der Waals surface area contributed by atoms with Crippen LogP contribution < -0.4 is 4.31 Å². The number of carboxylic acid groups (broad SMARTS) is 1. The number of hydrogen-bond donors (Lipinski definition) is 1. The lowest BCUT2D eigenvalue weighted by Crippen LogP contribution is -2.32. The van der Waals surface area contributed by atoms with E-state index >= 15 is 0 Å². The van der Waals surface area contributed by atoms with E-state index in [1.807, 2.05) is 6.92 Å². The highest BCUT2D eigenvalue weighted by Gasteiger charge is 2.29. The molecule has 2 aromatic heterocycles. The molecule has 0 atom stereocenters. The van der Waals surface area contributed by atoms with Crippen molar-refractivity contribution in [3.8, 4) is 0 Å². The minimum atomic E-state index is -3.81. The fraction of sp³-hybridized carbons (Fsp3) is 0.231. The highest BCUT2D eigenvalue weighted by molar-refractivity contribution is 7.94. The molecule has 0 aliphatic carbocycles. The van der Waals surface area contributed by atoms with Gasteiger partial charge < -0.3 is 5.11 Å². The van der Waals surface area contributed by atoms with Crippen LogP contribution >= 0.6 is 11.3 Å². The number of thiophene rings is 1. The first-order valence-corrected chi connectivity index (χ1v) is 8.41. The number of pyridine rings is 1. The van der Waals surface area contributed by atoms with Crippen LogP contribution in [0.25, 0.3) is 0 Å². The van der Waals surface area contributed by atoms with Gasteiger partial charge in [0.2, 0.25) is 0 Å². The van der Waals surface area contributed by atoms with Crippen LogP contribution in [0.3, 0.4) is 0 Å². The van der Waals surface area contributed by atoms with Gasteiger partial charge in [0.05, 0.1) is 0 Å². The second-order valence-corrected chi connectivity index (χ2v) is 7.59. The highest BCUT2D eigenvalue weighted by Crippen LogP contribution is 2.28. The summed E-state index contributed by atoms with van der Waals surface area (Å²) in [5.41, 5.74) is -0.142. The average molecular weight is 326 g/mol. The molecule has 0 saturated carbocycles. The van der Waals surface area contributed by atoms with Gasteiger partial charge in [-0.3, -0.25) is 0 Å². The van der Waals surface area contributed by atoms with Crippen LogP contribution in [0.1, 0.15) is 22.2 Å². The molecular weight excluding hydrogens is 312 g/mol. The van der Waals surface area contributed by atoms with Crippen molar-refractivity contribution >= 4 is 33.1 Å². The highest BCUT2D eigenvalue weighted by atomic mass is 32.2. The zero-order valence-electron chi connectivity index (χ0n) is 11.5. The molecular formula is C13H14N2O4S2. The minimum Gasteiger partial charge on any atom is -0.478 e. The SMILES string of the molecule is CCN(c1ncccc1C(=O)O)S(=O)(=O)c1ccc(C)s1. The number of aromatic carboxylic acids is 1. The van der Waals surface area contributed by atoms with Gasteiger partial charge in [-0.15, -0.1) is 11.3 Å². The summed E-state index contributed by atoms with van der Waals surface area (Å²) in [5.74, 6) is -1.28. The number of anilines is 1. The number of aryl methyl sites for hydroxylation is 1. The Bertz CT molecular complexity index is 768. The molecule has 0 amide bonds. The largest absolute Gasteiger partial charge is 0.478 e. The monoisotopic (exact) mass is 326 g/mol. The van der Waals surface area contributed by atoms with Crippen LogP contribution in [-0.2, 0) is 10.0 Å². The molecule has 0 unspecified atom stereocenters. The van der Waals surface area contributed by atoms with Crippen molar-refractivity contribution in [1.29, 1.82) is 0 Å². The zero-order chi connectivity index (χ0) is 15.6. The summed E-state index contributed by atoms with van der Waals surface area (Å²) in [6, 6.07) is 6.02. The van der Waals surface area contributed by atoms with E-state index in [0.717, 1.165) is 20.5 Å². The van der Waals surface area contributed by atoms with Crippen LogP contribution in [0.5, 0.6) is 0 Å². The van der Waals surface area contributed by atoms with Gasteiger partial charge >= 0.3 is 5.97 Å². The molecule has 2 heterocycles. The Kier molecular flexibility index (Phi) is 4.29. The Morgan fingerprint density at radius 2 is 2.10 bits per heavy atom. The molecule has 6 nitrogen and oxygen atoms in total. The second kappa shape index (κ2) is 5.82. The summed E-state index contributed by atoms with van der Waals surface area (Å²) in [6.07, 6.45) is 1.37. The predicted molar refractivity (Wildman–Crippen MR) is 80.5 cm³/mol.